The lowest BCUT2D eigenvalue weighted by atomic mass is 10.2. The molecule has 1 amide bonds. The quantitative estimate of drug-likeness (QED) is 0.657. The second-order valence-electron chi connectivity index (χ2n) is 6.44. The van der Waals surface area contributed by atoms with E-state index in [4.69, 9.17) is 0 Å². The summed E-state index contributed by atoms with van der Waals surface area (Å²) in [5, 5.41) is 11.0. The average Bonchev–Trinajstić information content (AvgIpc) is 3.13. The van der Waals surface area contributed by atoms with Gasteiger partial charge in [-0.1, -0.05) is 47.7 Å². The van der Waals surface area contributed by atoms with Crippen molar-refractivity contribution < 1.29 is 4.79 Å². The molecule has 0 aliphatic carbocycles. The molecule has 6 heteroatoms. The molecular weight excluding hydrogens is 338 g/mol. The van der Waals surface area contributed by atoms with Crippen molar-refractivity contribution in [2.75, 3.05) is 19.0 Å². The fourth-order valence-corrected chi connectivity index (χ4v) is 2.56. The molecule has 2 aromatic carbocycles. The Morgan fingerprint density at radius 2 is 1.81 bits per heavy atom. The molecule has 3 aromatic rings. The topological polar surface area (TPSA) is 63.1 Å². The zero-order valence-corrected chi connectivity index (χ0v) is 15.5. The van der Waals surface area contributed by atoms with Gasteiger partial charge in [0, 0.05) is 32.4 Å². The van der Waals surface area contributed by atoms with Crippen LogP contribution in [-0.2, 0) is 17.9 Å². The molecule has 0 unspecified atom stereocenters. The summed E-state index contributed by atoms with van der Waals surface area (Å²) in [7, 11) is 4.00. The van der Waals surface area contributed by atoms with Gasteiger partial charge < -0.3 is 10.2 Å². The van der Waals surface area contributed by atoms with E-state index in [9.17, 15) is 4.79 Å². The van der Waals surface area contributed by atoms with E-state index in [2.05, 4.69) is 15.6 Å². The number of hydrogen-bond acceptors (Lipinski definition) is 4. The fraction of sp³-hybridized carbons (Fsp3) is 0.190. The van der Waals surface area contributed by atoms with Crippen LogP contribution in [0.5, 0.6) is 0 Å². The first-order valence-corrected chi connectivity index (χ1v) is 8.76. The van der Waals surface area contributed by atoms with Crippen LogP contribution in [0, 0.1) is 0 Å². The minimum absolute atomic E-state index is 0.163. The number of amides is 1. The number of anilines is 1. The molecule has 0 aliphatic rings. The van der Waals surface area contributed by atoms with Crippen molar-refractivity contribution in [1.82, 2.24) is 20.3 Å². The van der Waals surface area contributed by atoms with Crippen molar-refractivity contribution in [2.24, 2.45) is 0 Å². The van der Waals surface area contributed by atoms with E-state index < -0.39 is 0 Å². The van der Waals surface area contributed by atoms with Gasteiger partial charge in [-0.2, -0.15) is 0 Å². The lowest BCUT2D eigenvalue weighted by molar-refractivity contribution is -0.116. The maximum atomic E-state index is 12.0. The summed E-state index contributed by atoms with van der Waals surface area (Å²) in [6, 6.07) is 18.1. The van der Waals surface area contributed by atoms with Gasteiger partial charge >= 0.3 is 0 Å². The van der Waals surface area contributed by atoms with Crippen molar-refractivity contribution >= 4 is 17.7 Å². The van der Waals surface area contributed by atoms with Gasteiger partial charge in [0.2, 0.25) is 5.91 Å². The van der Waals surface area contributed by atoms with Gasteiger partial charge in [-0.15, -0.1) is 5.10 Å². The highest BCUT2D eigenvalue weighted by atomic mass is 16.1. The number of benzene rings is 2. The van der Waals surface area contributed by atoms with E-state index in [-0.39, 0.29) is 5.91 Å². The monoisotopic (exact) mass is 361 g/mol. The van der Waals surface area contributed by atoms with E-state index >= 15 is 0 Å². The Balaban J connectivity index is 1.49. The Morgan fingerprint density at radius 3 is 2.52 bits per heavy atom. The van der Waals surface area contributed by atoms with Gasteiger partial charge in [0.05, 0.1) is 12.7 Å². The largest absolute Gasteiger partial charge is 0.378 e. The molecule has 0 spiro atoms. The van der Waals surface area contributed by atoms with Gasteiger partial charge in [-0.25, -0.2) is 4.68 Å². The van der Waals surface area contributed by atoms with Gasteiger partial charge in [-0.05, 0) is 29.3 Å². The SMILES string of the molecule is CN(C)c1ccc(CNC(=O)/C=C/c2cn(Cc3ccccc3)nn2)cc1. The molecule has 6 nitrogen and oxygen atoms in total. The predicted molar refractivity (Wildman–Crippen MR) is 107 cm³/mol. The van der Waals surface area contributed by atoms with Crippen LogP contribution < -0.4 is 10.2 Å². The number of aromatic nitrogens is 3. The van der Waals surface area contributed by atoms with Crippen LogP contribution in [0.4, 0.5) is 5.69 Å². The highest BCUT2D eigenvalue weighted by Gasteiger charge is 2.01. The molecule has 0 atom stereocenters. The molecule has 0 aliphatic heterocycles. The first kappa shape index (κ1) is 18.4. The van der Waals surface area contributed by atoms with Crippen LogP contribution in [0.2, 0.25) is 0 Å². The van der Waals surface area contributed by atoms with Crippen molar-refractivity contribution in [1.29, 1.82) is 0 Å². The van der Waals surface area contributed by atoms with Crippen LogP contribution >= 0.6 is 0 Å². The number of hydrogen-bond donors (Lipinski definition) is 1. The third kappa shape index (κ3) is 5.54. The number of nitrogens with zero attached hydrogens (tertiary/aromatic N) is 4. The molecule has 0 saturated carbocycles. The van der Waals surface area contributed by atoms with Gasteiger partial charge in [0.1, 0.15) is 5.69 Å². The van der Waals surface area contributed by atoms with Crippen molar-refractivity contribution in [3.63, 3.8) is 0 Å². The molecular formula is C21H23N5O. The highest BCUT2D eigenvalue weighted by molar-refractivity contribution is 5.91. The first-order valence-electron chi connectivity index (χ1n) is 8.76. The standard InChI is InChI=1S/C21H23N5O/c1-25(2)20-11-8-17(9-12-20)14-22-21(27)13-10-19-16-26(24-23-19)15-18-6-4-3-5-7-18/h3-13,16H,14-15H2,1-2H3,(H,22,27)/b13-10+. The molecule has 0 radical (unpaired) electrons. The van der Waals surface area contributed by atoms with Crippen molar-refractivity contribution in [3.8, 4) is 0 Å². The number of carbonyl (C=O) groups excluding carboxylic acids is 1. The van der Waals surface area contributed by atoms with Crippen LogP contribution in [0.1, 0.15) is 16.8 Å². The maximum absolute atomic E-state index is 12.0. The third-order valence-electron chi connectivity index (χ3n) is 4.07. The Bertz CT molecular complexity index is 898. The normalized spacial score (nSPS) is 10.9. The predicted octanol–water partition coefficient (Wildman–Crippen LogP) is 2.72. The van der Waals surface area contributed by atoms with Crippen LogP contribution in [0.15, 0.2) is 66.9 Å². The molecule has 3 rings (SSSR count). The summed E-state index contributed by atoms with van der Waals surface area (Å²) < 4.78 is 1.75. The minimum atomic E-state index is -0.163. The zero-order valence-electron chi connectivity index (χ0n) is 15.5. The highest BCUT2D eigenvalue weighted by Crippen LogP contribution is 2.12. The van der Waals surface area contributed by atoms with Crippen LogP contribution in [0.3, 0.4) is 0 Å². The van der Waals surface area contributed by atoms with E-state index in [1.54, 1.807) is 10.8 Å². The fourth-order valence-electron chi connectivity index (χ4n) is 2.56. The number of nitrogens with one attached hydrogen (secondary N) is 1. The summed E-state index contributed by atoms with van der Waals surface area (Å²) in [4.78, 5) is 14.0. The Kier molecular flexibility index (Phi) is 5.99. The number of carbonyl (C=O) groups is 1. The summed E-state index contributed by atoms with van der Waals surface area (Å²) in [5.74, 6) is -0.163. The van der Waals surface area contributed by atoms with Crippen molar-refractivity contribution in [3.05, 3.63) is 83.7 Å². The Morgan fingerprint density at radius 1 is 1.07 bits per heavy atom. The van der Waals surface area contributed by atoms with E-state index in [1.165, 1.54) is 6.08 Å². The van der Waals surface area contributed by atoms with E-state index in [0.29, 0.717) is 18.8 Å². The molecule has 1 aromatic heterocycles. The van der Waals surface area contributed by atoms with Gasteiger partial charge in [-0.3, -0.25) is 4.79 Å². The molecule has 1 heterocycles. The Labute approximate surface area is 159 Å². The van der Waals surface area contributed by atoms with Crippen LogP contribution in [0.25, 0.3) is 6.08 Å². The lowest BCUT2D eigenvalue weighted by Crippen LogP contribution is -2.20. The second kappa shape index (κ2) is 8.80. The molecule has 0 fully saturated rings. The zero-order chi connectivity index (χ0) is 19.1. The smallest absolute Gasteiger partial charge is 0.244 e. The van der Waals surface area contributed by atoms with E-state index in [0.717, 1.165) is 16.8 Å². The summed E-state index contributed by atoms with van der Waals surface area (Å²) in [6.45, 7) is 1.13. The van der Waals surface area contributed by atoms with Crippen molar-refractivity contribution in [2.45, 2.75) is 13.1 Å². The first-order chi connectivity index (χ1) is 13.1. The van der Waals surface area contributed by atoms with Gasteiger partial charge in [0.15, 0.2) is 0 Å². The summed E-state index contributed by atoms with van der Waals surface area (Å²) >= 11 is 0. The molecule has 27 heavy (non-hydrogen) atoms. The maximum Gasteiger partial charge on any atom is 0.244 e. The average molecular weight is 361 g/mol. The minimum Gasteiger partial charge on any atom is -0.378 e. The summed E-state index contributed by atoms with van der Waals surface area (Å²) in [6.07, 6.45) is 4.96. The summed E-state index contributed by atoms with van der Waals surface area (Å²) in [5.41, 5.74) is 3.98. The number of rotatable bonds is 7. The lowest BCUT2D eigenvalue weighted by Gasteiger charge is -2.12. The molecule has 0 bridgehead atoms. The van der Waals surface area contributed by atoms with Crippen LogP contribution in [-0.4, -0.2) is 35.0 Å². The molecule has 1 N–H and O–H groups in total. The molecule has 0 saturated heterocycles. The van der Waals surface area contributed by atoms with Gasteiger partial charge in [0.25, 0.3) is 0 Å². The van der Waals surface area contributed by atoms with E-state index in [1.807, 2.05) is 79.8 Å². The Hall–Kier alpha value is -3.41. The second-order valence-corrected chi connectivity index (χ2v) is 6.44. The third-order valence-corrected chi connectivity index (χ3v) is 4.07. The molecule has 138 valence electrons.